The highest BCUT2D eigenvalue weighted by atomic mass is 16.5. The maximum atomic E-state index is 12.2. The molecule has 1 aliphatic carbocycles. The van der Waals surface area contributed by atoms with E-state index in [1.54, 1.807) is 12.1 Å². The molecule has 2 nitrogen and oxygen atoms in total. The van der Waals surface area contributed by atoms with Crippen LogP contribution in [0, 0.1) is 11.3 Å². The molecule has 0 bridgehead atoms. The van der Waals surface area contributed by atoms with Crippen molar-refractivity contribution >= 4 is 12.0 Å². The second-order valence-corrected chi connectivity index (χ2v) is 9.87. The zero-order valence-electron chi connectivity index (χ0n) is 21.7. The van der Waals surface area contributed by atoms with Crippen LogP contribution in [0.25, 0.3) is 6.08 Å². The predicted octanol–water partition coefficient (Wildman–Crippen LogP) is 8.96. The number of hydrogen-bond acceptors (Lipinski definition) is 2. The van der Waals surface area contributed by atoms with Crippen molar-refractivity contribution in [1.29, 1.82) is 0 Å². The van der Waals surface area contributed by atoms with Crippen LogP contribution in [-0.4, -0.2) is 5.97 Å². The smallest absolute Gasteiger partial charge is 0.336 e. The van der Waals surface area contributed by atoms with Gasteiger partial charge < -0.3 is 4.74 Å². The molecule has 0 fully saturated rings. The minimum Gasteiger partial charge on any atom is -0.423 e. The predicted molar refractivity (Wildman–Crippen MR) is 147 cm³/mol. The summed E-state index contributed by atoms with van der Waals surface area (Å²) < 4.78 is 5.43. The van der Waals surface area contributed by atoms with Gasteiger partial charge in [0.15, 0.2) is 0 Å². The molecule has 0 saturated carbocycles. The number of hydrogen-bond donors (Lipinski definition) is 0. The Hall–Kier alpha value is -3.13. The SMILES string of the molecule is C=CC(C)/C=C/c1ccc(OC(=O)/C=C(C)/C=C/C=C(C)/C=C/C2=C(C)CCCC2(C)C)cc1. The number of ether oxygens (including phenoxy) is 1. The molecule has 2 heteroatoms. The number of carbonyl (C=O) groups is 1. The molecule has 1 aromatic rings. The molecule has 1 aliphatic rings. The zero-order chi connectivity index (χ0) is 25.1. The summed E-state index contributed by atoms with van der Waals surface area (Å²) in [5, 5.41) is 0. The van der Waals surface area contributed by atoms with Crippen LogP contribution in [0.5, 0.6) is 5.75 Å². The molecule has 2 rings (SSSR count). The van der Waals surface area contributed by atoms with Crippen LogP contribution in [0.2, 0.25) is 0 Å². The van der Waals surface area contributed by atoms with Crippen LogP contribution >= 0.6 is 0 Å². The van der Waals surface area contributed by atoms with Crippen molar-refractivity contribution in [2.75, 3.05) is 0 Å². The Balaban J connectivity index is 1.93. The molecule has 0 heterocycles. The first-order valence-electron chi connectivity index (χ1n) is 12.1. The molecule has 0 radical (unpaired) electrons. The molecule has 0 aromatic heterocycles. The Bertz CT molecular complexity index is 1040. The molecular formula is C32H40O2. The average molecular weight is 457 g/mol. The van der Waals surface area contributed by atoms with Gasteiger partial charge in [-0.25, -0.2) is 4.79 Å². The van der Waals surface area contributed by atoms with Crippen molar-refractivity contribution in [2.45, 2.75) is 60.8 Å². The molecule has 1 aromatic carbocycles. The summed E-state index contributed by atoms with van der Waals surface area (Å²) in [6, 6.07) is 7.47. The fourth-order valence-electron chi connectivity index (χ4n) is 4.00. The van der Waals surface area contributed by atoms with E-state index in [1.807, 2.05) is 43.4 Å². The minimum atomic E-state index is -0.381. The van der Waals surface area contributed by atoms with E-state index in [4.69, 9.17) is 4.74 Å². The number of carbonyl (C=O) groups excluding carboxylic acids is 1. The highest BCUT2D eigenvalue weighted by Gasteiger charge is 2.26. The molecule has 0 amide bonds. The van der Waals surface area contributed by atoms with Gasteiger partial charge in [0, 0.05) is 6.08 Å². The maximum absolute atomic E-state index is 12.2. The zero-order valence-corrected chi connectivity index (χ0v) is 21.7. The van der Waals surface area contributed by atoms with Gasteiger partial charge in [0.25, 0.3) is 0 Å². The van der Waals surface area contributed by atoms with Crippen molar-refractivity contribution in [3.05, 3.63) is 107 Å². The van der Waals surface area contributed by atoms with E-state index in [-0.39, 0.29) is 11.4 Å². The molecule has 0 saturated heterocycles. The Labute approximate surface area is 206 Å². The Kier molecular flexibility index (Phi) is 10.3. The minimum absolute atomic E-state index is 0.246. The summed E-state index contributed by atoms with van der Waals surface area (Å²) in [4.78, 5) is 12.2. The summed E-state index contributed by atoms with van der Waals surface area (Å²) in [6.45, 7) is 16.8. The normalized spacial score (nSPS) is 18.2. The summed E-state index contributed by atoms with van der Waals surface area (Å²) >= 11 is 0. The fourth-order valence-corrected chi connectivity index (χ4v) is 4.00. The second-order valence-electron chi connectivity index (χ2n) is 9.87. The van der Waals surface area contributed by atoms with Crippen molar-refractivity contribution in [3.63, 3.8) is 0 Å². The van der Waals surface area contributed by atoms with E-state index in [0.717, 1.165) is 11.1 Å². The third-order valence-corrected chi connectivity index (χ3v) is 6.18. The van der Waals surface area contributed by atoms with Crippen LogP contribution in [0.15, 0.2) is 102 Å². The molecule has 180 valence electrons. The lowest BCUT2D eigenvalue weighted by atomic mass is 9.72. The summed E-state index contributed by atoms with van der Waals surface area (Å²) in [6.07, 6.45) is 21.6. The average Bonchev–Trinajstić information content (AvgIpc) is 2.77. The lowest BCUT2D eigenvalue weighted by Crippen LogP contribution is -2.19. The molecule has 1 unspecified atom stereocenters. The molecule has 0 spiro atoms. The molecule has 1 atom stereocenters. The Morgan fingerprint density at radius 3 is 2.44 bits per heavy atom. The first-order chi connectivity index (χ1) is 16.1. The van der Waals surface area contributed by atoms with E-state index >= 15 is 0 Å². The van der Waals surface area contributed by atoms with Crippen LogP contribution in [-0.2, 0) is 4.79 Å². The highest BCUT2D eigenvalue weighted by Crippen LogP contribution is 2.40. The maximum Gasteiger partial charge on any atom is 0.336 e. The third kappa shape index (κ3) is 9.02. The molecular weight excluding hydrogens is 416 g/mol. The van der Waals surface area contributed by atoms with Crippen molar-refractivity contribution in [1.82, 2.24) is 0 Å². The standard InChI is InChI=1S/C32H40O2/c1-8-24(2)14-16-28-17-19-29(20-18-28)34-31(33)23-26(4)12-9-11-25(3)15-21-30-27(5)13-10-22-32(30,6)7/h8-9,11-12,14-21,23-24H,1,10,13,22H2,2-7H3/b12-9+,16-14+,21-15+,25-11+,26-23+. The quantitative estimate of drug-likeness (QED) is 0.122. The van der Waals surface area contributed by atoms with Crippen molar-refractivity contribution < 1.29 is 9.53 Å². The van der Waals surface area contributed by atoms with E-state index < -0.39 is 0 Å². The van der Waals surface area contributed by atoms with Gasteiger partial charge in [0.1, 0.15) is 5.75 Å². The van der Waals surface area contributed by atoms with Gasteiger partial charge >= 0.3 is 5.97 Å². The van der Waals surface area contributed by atoms with Gasteiger partial charge in [-0.1, -0.05) is 92.7 Å². The first-order valence-corrected chi connectivity index (χ1v) is 12.1. The Morgan fingerprint density at radius 2 is 1.79 bits per heavy atom. The van der Waals surface area contributed by atoms with Crippen LogP contribution in [0.1, 0.15) is 66.4 Å². The van der Waals surface area contributed by atoms with E-state index in [1.165, 1.54) is 42.1 Å². The van der Waals surface area contributed by atoms with E-state index in [9.17, 15) is 4.79 Å². The number of allylic oxidation sites excluding steroid dienone is 11. The highest BCUT2D eigenvalue weighted by molar-refractivity contribution is 5.85. The van der Waals surface area contributed by atoms with Gasteiger partial charge in [-0.05, 0) is 80.2 Å². The van der Waals surface area contributed by atoms with Gasteiger partial charge in [-0.15, -0.1) is 6.58 Å². The summed E-state index contributed by atoms with van der Waals surface area (Å²) in [7, 11) is 0. The van der Waals surface area contributed by atoms with Crippen molar-refractivity contribution in [2.24, 2.45) is 11.3 Å². The van der Waals surface area contributed by atoms with Gasteiger partial charge in [-0.3, -0.25) is 0 Å². The second kappa shape index (κ2) is 12.9. The van der Waals surface area contributed by atoms with Crippen LogP contribution < -0.4 is 4.74 Å². The molecule has 0 N–H and O–H groups in total. The monoisotopic (exact) mass is 456 g/mol. The lowest BCUT2D eigenvalue weighted by Gasteiger charge is -2.32. The van der Waals surface area contributed by atoms with E-state index in [0.29, 0.717) is 11.7 Å². The van der Waals surface area contributed by atoms with Crippen molar-refractivity contribution in [3.8, 4) is 5.75 Å². The van der Waals surface area contributed by atoms with Gasteiger partial charge in [0.2, 0.25) is 0 Å². The van der Waals surface area contributed by atoms with Gasteiger partial charge in [-0.2, -0.15) is 0 Å². The van der Waals surface area contributed by atoms with Crippen LogP contribution in [0.4, 0.5) is 0 Å². The summed E-state index contributed by atoms with van der Waals surface area (Å²) in [5.74, 6) is 0.468. The first kappa shape index (κ1) is 27.1. The number of rotatable bonds is 9. The van der Waals surface area contributed by atoms with E-state index in [2.05, 4.69) is 65.5 Å². The largest absolute Gasteiger partial charge is 0.423 e. The molecule has 34 heavy (non-hydrogen) atoms. The Morgan fingerprint density at radius 1 is 1.09 bits per heavy atom. The number of esters is 1. The number of benzene rings is 1. The lowest BCUT2D eigenvalue weighted by molar-refractivity contribution is -0.129. The fraction of sp³-hybridized carbons (Fsp3) is 0.344. The van der Waals surface area contributed by atoms with Gasteiger partial charge in [0.05, 0.1) is 0 Å². The van der Waals surface area contributed by atoms with Crippen LogP contribution in [0.3, 0.4) is 0 Å². The topological polar surface area (TPSA) is 26.3 Å². The molecule has 0 aliphatic heterocycles. The summed E-state index contributed by atoms with van der Waals surface area (Å²) in [5.41, 5.74) is 6.27. The third-order valence-electron chi connectivity index (χ3n) is 6.18.